The summed E-state index contributed by atoms with van der Waals surface area (Å²) >= 11 is 0. The fraction of sp³-hybridized carbons (Fsp3) is 0.0588. The Morgan fingerprint density at radius 3 is 1.65 bits per heavy atom. The van der Waals surface area contributed by atoms with E-state index in [2.05, 4.69) is 275 Å². The van der Waals surface area contributed by atoms with Crippen molar-refractivity contribution in [1.82, 2.24) is 9.13 Å². The number of anilines is 2. The second kappa shape index (κ2) is 18.2. The van der Waals surface area contributed by atoms with Crippen LogP contribution in [0.5, 0.6) is 0 Å². The summed E-state index contributed by atoms with van der Waals surface area (Å²) in [6.07, 6.45) is 1.72. The molecule has 3 nitrogen and oxygen atoms in total. The van der Waals surface area contributed by atoms with Crippen molar-refractivity contribution in [2.75, 3.05) is 11.4 Å². The zero-order valence-electron chi connectivity index (χ0n) is 39.5. The quantitative estimate of drug-likeness (QED) is 0.119. The van der Waals surface area contributed by atoms with Gasteiger partial charge in [0, 0.05) is 62.7 Å². The Morgan fingerprint density at radius 1 is 0.338 bits per heavy atom. The molecule has 13 aromatic rings. The number of hydrogen-bond donors (Lipinski definition) is 0. The fourth-order valence-electron chi connectivity index (χ4n) is 11.4. The molecule has 0 amide bonds. The van der Waals surface area contributed by atoms with E-state index in [9.17, 15) is 0 Å². The van der Waals surface area contributed by atoms with Crippen molar-refractivity contribution in [2.24, 2.45) is 0 Å². The molecule has 0 unspecified atom stereocenters. The Bertz CT molecular complexity index is 4010. The van der Waals surface area contributed by atoms with Crippen LogP contribution in [-0.4, -0.2) is 15.7 Å². The van der Waals surface area contributed by atoms with E-state index in [-0.39, 0.29) is 0 Å². The van der Waals surface area contributed by atoms with Crippen LogP contribution in [0.1, 0.15) is 11.1 Å². The van der Waals surface area contributed by atoms with Crippen molar-refractivity contribution in [3.05, 3.63) is 272 Å². The molecule has 0 atom stereocenters. The molecule has 0 bridgehead atoms. The first-order chi connectivity index (χ1) is 35.2. The van der Waals surface area contributed by atoms with Gasteiger partial charge in [-0.05, 0) is 129 Å². The maximum Gasteiger partial charge on any atom is 0.0541 e. The zero-order chi connectivity index (χ0) is 47.1. The van der Waals surface area contributed by atoms with Gasteiger partial charge in [-0.3, -0.25) is 0 Å². The maximum absolute atomic E-state index is 2.58. The monoisotopic (exact) mass is 909 g/mol. The molecule has 0 radical (unpaired) electrons. The van der Waals surface area contributed by atoms with Gasteiger partial charge in [0.25, 0.3) is 0 Å². The lowest BCUT2D eigenvalue weighted by Crippen LogP contribution is -2.22. The Hall–Kier alpha value is -8.92. The van der Waals surface area contributed by atoms with Crippen LogP contribution in [-0.2, 0) is 19.4 Å². The molecule has 2 heterocycles. The van der Waals surface area contributed by atoms with E-state index in [1.165, 1.54) is 116 Å². The van der Waals surface area contributed by atoms with Crippen molar-refractivity contribution in [2.45, 2.75) is 19.4 Å². The van der Waals surface area contributed by atoms with Crippen molar-refractivity contribution >= 4 is 65.8 Å². The van der Waals surface area contributed by atoms with Gasteiger partial charge in [-0.15, -0.1) is 0 Å². The van der Waals surface area contributed by atoms with Crippen molar-refractivity contribution in [1.29, 1.82) is 0 Å². The van der Waals surface area contributed by atoms with Gasteiger partial charge in [-0.25, -0.2) is 0 Å². The van der Waals surface area contributed by atoms with Gasteiger partial charge in [-0.2, -0.15) is 0 Å². The summed E-state index contributed by atoms with van der Waals surface area (Å²) in [4.78, 5) is 2.58. The number of benzene rings is 11. The van der Waals surface area contributed by atoms with Crippen LogP contribution >= 0.6 is 0 Å². The van der Waals surface area contributed by atoms with E-state index in [0.717, 1.165) is 25.9 Å². The number of aromatic nitrogens is 2. The van der Waals surface area contributed by atoms with Gasteiger partial charge < -0.3 is 14.0 Å². The number of fused-ring (bicyclic) bond motifs is 7. The molecule has 0 aliphatic carbocycles. The van der Waals surface area contributed by atoms with E-state index in [1.54, 1.807) is 0 Å². The van der Waals surface area contributed by atoms with Crippen LogP contribution in [0.15, 0.2) is 261 Å². The van der Waals surface area contributed by atoms with E-state index in [1.807, 2.05) is 0 Å². The summed E-state index contributed by atoms with van der Waals surface area (Å²) in [6, 6.07) is 95.9. The molecule has 13 rings (SSSR count). The van der Waals surface area contributed by atoms with Crippen molar-refractivity contribution in [3.8, 4) is 39.1 Å². The molecule has 0 saturated heterocycles. The highest BCUT2D eigenvalue weighted by Crippen LogP contribution is 2.41. The van der Waals surface area contributed by atoms with Crippen LogP contribution in [0, 0.1) is 0 Å². The summed E-state index contributed by atoms with van der Waals surface area (Å²) in [7, 11) is 0. The second-order valence-electron chi connectivity index (χ2n) is 18.7. The minimum atomic E-state index is 0.784. The third-order valence-corrected chi connectivity index (χ3v) is 14.6. The largest absolute Gasteiger partial charge is 0.341 e. The Labute approximate surface area is 414 Å². The van der Waals surface area contributed by atoms with Crippen LogP contribution in [0.25, 0.3) is 93.5 Å². The molecule has 0 aliphatic rings. The molecule has 338 valence electrons. The average molecular weight is 910 g/mol. The van der Waals surface area contributed by atoms with Crippen LogP contribution in [0.4, 0.5) is 11.4 Å². The molecule has 0 N–H and O–H groups in total. The number of nitrogens with zero attached hydrogens (tertiary/aromatic N) is 3. The lowest BCUT2D eigenvalue weighted by atomic mass is 9.89. The smallest absolute Gasteiger partial charge is 0.0541 e. The van der Waals surface area contributed by atoms with Crippen LogP contribution in [0.3, 0.4) is 0 Å². The number of para-hydroxylation sites is 5. The van der Waals surface area contributed by atoms with Gasteiger partial charge in [0.15, 0.2) is 0 Å². The molecule has 3 heteroatoms. The van der Waals surface area contributed by atoms with E-state index in [0.29, 0.717) is 0 Å². The van der Waals surface area contributed by atoms with Gasteiger partial charge in [0.2, 0.25) is 0 Å². The third-order valence-electron chi connectivity index (χ3n) is 14.6. The standard InChI is InChI=1S/C68H51N3/c1-3-20-48(21-4-1)57-34-18-24-51-25-19-35-61(68(51)57)56-30-9-7-22-49(56)42-44-69(63-36-13-8-23-50(63)43-45-70-64-37-14-10-31-58(64)59-32-11-15-38-65(59)70)55-29-17-26-52(46-55)53-40-41-67-62(47-53)60-33-12-16-39-66(60)71(67)54-27-5-2-6-28-54/h1-41,46-47H,42-45H2. The highest BCUT2D eigenvalue weighted by atomic mass is 15.1. The lowest BCUT2D eigenvalue weighted by molar-refractivity contribution is 0.742. The molecule has 0 saturated carbocycles. The first-order valence-electron chi connectivity index (χ1n) is 24.9. The molecular formula is C68H51N3. The average Bonchev–Trinajstić information content (AvgIpc) is 3.95. The van der Waals surface area contributed by atoms with Crippen LogP contribution in [0.2, 0.25) is 0 Å². The highest BCUT2D eigenvalue weighted by Gasteiger charge is 2.20. The van der Waals surface area contributed by atoms with Gasteiger partial charge >= 0.3 is 0 Å². The maximum atomic E-state index is 2.58. The van der Waals surface area contributed by atoms with E-state index < -0.39 is 0 Å². The van der Waals surface area contributed by atoms with Gasteiger partial charge in [0.05, 0.1) is 11.0 Å². The molecule has 0 spiro atoms. The first kappa shape index (κ1) is 42.2. The van der Waals surface area contributed by atoms with E-state index in [4.69, 9.17) is 0 Å². The summed E-state index contributed by atoms with van der Waals surface area (Å²) in [5, 5.41) is 7.65. The topological polar surface area (TPSA) is 13.1 Å². The molecule has 2 aromatic heterocycles. The van der Waals surface area contributed by atoms with Crippen molar-refractivity contribution < 1.29 is 0 Å². The molecular weight excluding hydrogens is 859 g/mol. The van der Waals surface area contributed by atoms with Crippen LogP contribution < -0.4 is 4.90 Å². The Balaban J connectivity index is 0.917. The second-order valence-corrected chi connectivity index (χ2v) is 18.7. The Kier molecular flexibility index (Phi) is 10.8. The summed E-state index contributed by atoms with van der Waals surface area (Å²) in [5.74, 6) is 0. The predicted octanol–water partition coefficient (Wildman–Crippen LogP) is 17.7. The number of rotatable bonds is 12. The molecule has 71 heavy (non-hydrogen) atoms. The number of aryl methyl sites for hydroxylation is 2. The normalized spacial score (nSPS) is 11.6. The van der Waals surface area contributed by atoms with Crippen molar-refractivity contribution in [3.63, 3.8) is 0 Å². The first-order valence-corrected chi connectivity index (χ1v) is 24.9. The van der Waals surface area contributed by atoms with Gasteiger partial charge in [0.1, 0.15) is 0 Å². The molecule has 11 aromatic carbocycles. The van der Waals surface area contributed by atoms with Gasteiger partial charge in [-0.1, -0.05) is 200 Å². The van der Waals surface area contributed by atoms with E-state index >= 15 is 0 Å². The highest BCUT2D eigenvalue weighted by molar-refractivity contribution is 6.11. The Morgan fingerprint density at radius 2 is 0.887 bits per heavy atom. The third kappa shape index (κ3) is 7.64. The summed E-state index contributed by atoms with van der Waals surface area (Å²) in [6.45, 7) is 1.65. The predicted molar refractivity (Wildman–Crippen MR) is 301 cm³/mol. The summed E-state index contributed by atoms with van der Waals surface area (Å²) in [5.41, 5.74) is 18.6. The SMILES string of the molecule is c1ccc(-c2cccc3cccc(-c4ccccc4CCN(c4cccc(-c5ccc6c(c5)c5ccccc5n6-c5ccccc5)c4)c4ccccc4CCn4c5ccccc5c5ccccc54)c23)cc1. The number of hydrogen-bond acceptors (Lipinski definition) is 1. The molecule has 0 aliphatic heterocycles. The minimum Gasteiger partial charge on any atom is -0.341 e. The minimum absolute atomic E-state index is 0.784. The zero-order valence-corrected chi connectivity index (χ0v) is 39.5. The lowest BCUT2D eigenvalue weighted by Gasteiger charge is -2.29. The fourth-order valence-corrected chi connectivity index (χ4v) is 11.4. The summed E-state index contributed by atoms with van der Waals surface area (Å²) < 4.78 is 4.91. The molecule has 0 fully saturated rings.